The minimum atomic E-state index is -1.69. The lowest BCUT2D eigenvalue weighted by Crippen LogP contribution is -2.48. The summed E-state index contributed by atoms with van der Waals surface area (Å²) >= 11 is 0. The Balaban J connectivity index is 1.37. The second-order valence-electron chi connectivity index (χ2n) is 16.9. The van der Waals surface area contributed by atoms with Gasteiger partial charge in [-0.3, -0.25) is 0 Å². The molecule has 0 N–H and O–H groups in total. The number of hydrogen-bond donors (Lipinski definition) is 0. The van der Waals surface area contributed by atoms with E-state index in [1.165, 1.54) is 38.5 Å². The summed E-state index contributed by atoms with van der Waals surface area (Å²) in [5.41, 5.74) is 1.67. The first kappa shape index (κ1) is 30.0. The molecule has 0 heterocycles. The maximum absolute atomic E-state index is 6.90. The van der Waals surface area contributed by atoms with E-state index in [2.05, 4.69) is 105 Å². The Hall–Kier alpha value is 0.0506. The molecule has 37 heavy (non-hydrogen) atoms. The third-order valence-electron chi connectivity index (χ3n) is 12.1. The number of rotatable bonds is 6. The van der Waals surface area contributed by atoms with Gasteiger partial charge >= 0.3 is 0 Å². The van der Waals surface area contributed by atoms with Crippen molar-refractivity contribution in [2.24, 2.45) is 23.7 Å². The van der Waals surface area contributed by atoms with Gasteiger partial charge in [0.25, 0.3) is 0 Å². The van der Waals surface area contributed by atoms with E-state index in [1.807, 2.05) is 0 Å². The maximum Gasteiger partial charge on any atom is 0.192 e. The van der Waals surface area contributed by atoms with Gasteiger partial charge in [0.15, 0.2) is 16.6 Å². The first-order chi connectivity index (χ1) is 16.8. The maximum atomic E-state index is 6.90. The molecule has 2 fully saturated rings. The van der Waals surface area contributed by atoms with Gasteiger partial charge in [-0.05, 0) is 110 Å². The van der Waals surface area contributed by atoms with Crippen molar-refractivity contribution in [3.8, 4) is 0 Å². The Morgan fingerprint density at radius 3 is 1.22 bits per heavy atom. The van der Waals surface area contributed by atoms with Crippen molar-refractivity contribution < 1.29 is 8.85 Å². The van der Waals surface area contributed by atoms with E-state index < -0.39 is 24.7 Å². The van der Waals surface area contributed by atoms with Crippen molar-refractivity contribution in [1.29, 1.82) is 0 Å². The summed E-state index contributed by atoms with van der Waals surface area (Å²) < 4.78 is 13.8. The van der Waals surface area contributed by atoms with E-state index in [-0.39, 0.29) is 0 Å². The van der Waals surface area contributed by atoms with Gasteiger partial charge in [-0.1, -0.05) is 78.9 Å². The van der Waals surface area contributed by atoms with Gasteiger partial charge in [0.2, 0.25) is 0 Å². The highest BCUT2D eigenvalue weighted by Gasteiger charge is 2.53. The topological polar surface area (TPSA) is 18.5 Å². The zero-order valence-corrected chi connectivity index (χ0v) is 29.5. The van der Waals surface area contributed by atoms with Crippen LogP contribution < -0.4 is 0 Å². The van der Waals surface area contributed by atoms with Crippen LogP contribution in [0.15, 0.2) is 24.3 Å². The van der Waals surface area contributed by atoms with Crippen LogP contribution in [0.3, 0.4) is 0 Å². The molecule has 2 nitrogen and oxygen atoms in total. The fourth-order valence-electron chi connectivity index (χ4n) is 7.74. The van der Waals surface area contributed by atoms with Crippen LogP contribution in [-0.2, 0) is 8.85 Å². The lowest BCUT2D eigenvalue weighted by atomic mass is 9.79. The lowest BCUT2D eigenvalue weighted by Gasteiger charge is -2.48. The summed E-state index contributed by atoms with van der Waals surface area (Å²) in [6.07, 6.45) is 19.4. The molecular formula is C32H60O2Si3. The van der Waals surface area contributed by atoms with Crippen LogP contribution in [-0.4, -0.2) is 36.9 Å². The SMILES string of the molecule is CC(C)(C)[Si](C)(C)OC1CCC2C(C=CC2[Si](C)(C)C2C=CC3CC(O[Si](C)(C)C(C)(C)C)CCC32)C1. The van der Waals surface area contributed by atoms with Gasteiger partial charge in [-0.15, -0.1) is 0 Å². The molecule has 4 rings (SSSR count). The van der Waals surface area contributed by atoms with E-state index in [1.54, 1.807) is 0 Å². The molecule has 4 aliphatic rings. The van der Waals surface area contributed by atoms with E-state index in [9.17, 15) is 0 Å². The fourth-order valence-corrected chi connectivity index (χ4v) is 15.2. The van der Waals surface area contributed by atoms with Gasteiger partial charge in [0.1, 0.15) is 0 Å². The van der Waals surface area contributed by atoms with Crippen molar-refractivity contribution in [3.05, 3.63) is 24.3 Å². The molecule has 0 amide bonds. The van der Waals surface area contributed by atoms with Gasteiger partial charge < -0.3 is 8.85 Å². The van der Waals surface area contributed by atoms with Crippen molar-refractivity contribution >= 4 is 24.7 Å². The van der Waals surface area contributed by atoms with Crippen molar-refractivity contribution in [1.82, 2.24) is 0 Å². The Labute approximate surface area is 233 Å². The second kappa shape index (κ2) is 10.2. The standard InChI is InChI=1S/C32H60O2Si3/c1-31(2,3)36(9,10)33-25-15-17-27-23(21-25)13-19-29(27)35(7,8)30-20-14-24-22-26(16-18-28(24)30)34-37(11,12)32(4,5)6/h13-14,19-20,23-30H,15-18,21-22H2,1-12H3. The zero-order chi connectivity index (χ0) is 27.6. The molecular weight excluding hydrogens is 501 g/mol. The molecule has 0 aliphatic heterocycles. The summed E-state index contributed by atoms with van der Waals surface area (Å²) in [4.78, 5) is 0. The highest BCUT2D eigenvalue weighted by molar-refractivity contribution is 6.81. The molecule has 5 heteroatoms. The molecule has 0 aromatic heterocycles. The molecule has 0 aromatic carbocycles. The van der Waals surface area contributed by atoms with Crippen LogP contribution in [0.4, 0.5) is 0 Å². The average molecular weight is 561 g/mol. The van der Waals surface area contributed by atoms with E-state index in [0.717, 1.165) is 34.8 Å². The molecule has 8 unspecified atom stereocenters. The van der Waals surface area contributed by atoms with Crippen LogP contribution in [0.5, 0.6) is 0 Å². The minimum absolute atomic E-state index is 0.298. The average Bonchev–Trinajstić information content (AvgIpc) is 3.35. The van der Waals surface area contributed by atoms with E-state index in [4.69, 9.17) is 8.85 Å². The number of hydrogen-bond acceptors (Lipinski definition) is 2. The van der Waals surface area contributed by atoms with Gasteiger partial charge in [0.05, 0.1) is 8.07 Å². The summed E-state index contributed by atoms with van der Waals surface area (Å²) in [5.74, 6) is 3.23. The normalized spacial score (nSPS) is 37.1. The second-order valence-corrected chi connectivity index (χ2v) is 31.4. The van der Waals surface area contributed by atoms with Crippen LogP contribution in [0.1, 0.15) is 80.1 Å². The van der Waals surface area contributed by atoms with Gasteiger partial charge in [0, 0.05) is 12.2 Å². The molecule has 0 spiro atoms. The molecule has 0 radical (unpaired) electrons. The molecule has 0 bridgehead atoms. The number of allylic oxidation sites excluding steroid dienone is 4. The summed E-state index contributed by atoms with van der Waals surface area (Å²) in [7, 11) is -4.88. The highest BCUT2D eigenvalue weighted by atomic mass is 28.4. The van der Waals surface area contributed by atoms with Crippen LogP contribution >= 0.6 is 0 Å². The molecule has 0 saturated heterocycles. The predicted molar refractivity (Wildman–Crippen MR) is 169 cm³/mol. The molecule has 4 aliphatic carbocycles. The zero-order valence-electron chi connectivity index (χ0n) is 26.5. The largest absolute Gasteiger partial charge is 0.414 e. The van der Waals surface area contributed by atoms with Crippen LogP contribution in [0.2, 0.25) is 60.4 Å². The summed E-state index contributed by atoms with van der Waals surface area (Å²) in [5, 5.41) is 0.597. The van der Waals surface area contributed by atoms with Gasteiger partial charge in [-0.2, -0.15) is 0 Å². The van der Waals surface area contributed by atoms with E-state index in [0.29, 0.717) is 22.3 Å². The Morgan fingerprint density at radius 2 is 0.892 bits per heavy atom. The highest BCUT2D eigenvalue weighted by Crippen LogP contribution is 2.58. The Morgan fingerprint density at radius 1 is 0.541 bits per heavy atom. The third kappa shape index (κ3) is 5.92. The molecule has 212 valence electrons. The van der Waals surface area contributed by atoms with Crippen molar-refractivity contribution in [2.75, 3.05) is 0 Å². The summed E-state index contributed by atoms with van der Waals surface area (Å²) in [6, 6.07) is 0. The first-order valence-electron chi connectivity index (χ1n) is 15.6. The van der Waals surface area contributed by atoms with Crippen molar-refractivity contribution in [3.63, 3.8) is 0 Å². The van der Waals surface area contributed by atoms with Crippen LogP contribution in [0.25, 0.3) is 0 Å². The molecule has 0 aromatic rings. The Bertz CT molecular complexity index is 805. The smallest absolute Gasteiger partial charge is 0.192 e. The quantitative estimate of drug-likeness (QED) is 0.238. The van der Waals surface area contributed by atoms with Crippen LogP contribution in [0, 0.1) is 23.7 Å². The van der Waals surface area contributed by atoms with E-state index >= 15 is 0 Å². The third-order valence-corrected chi connectivity index (χ3v) is 25.9. The minimum Gasteiger partial charge on any atom is -0.414 e. The predicted octanol–water partition coefficient (Wildman–Crippen LogP) is 10.2. The lowest BCUT2D eigenvalue weighted by molar-refractivity contribution is 0.0943. The van der Waals surface area contributed by atoms with Crippen molar-refractivity contribution in [2.45, 2.75) is 153 Å². The summed E-state index contributed by atoms with van der Waals surface area (Å²) in [6.45, 7) is 29.4. The molecule has 8 atom stereocenters. The fraction of sp³-hybridized carbons (Fsp3) is 0.875. The Kier molecular flexibility index (Phi) is 8.24. The first-order valence-corrected chi connectivity index (χ1v) is 24.5. The monoisotopic (exact) mass is 560 g/mol. The number of fused-ring (bicyclic) bond motifs is 2. The van der Waals surface area contributed by atoms with Gasteiger partial charge in [-0.25, -0.2) is 0 Å². The molecule has 2 saturated carbocycles.